The lowest BCUT2D eigenvalue weighted by molar-refractivity contribution is -0.140. The summed E-state index contributed by atoms with van der Waals surface area (Å²) >= 11 is 0. The summed E-state index contributed by atoms with van der Waals surface area (Å²) < 4.78 is 5.44. The molecule has 22 heavy (non-hydrogen) atoms. The summed E-state index contributed by atoms with van der Waals surface area (Å²) in [5.41, 5.74) is 6.53. The number of carbonyl (C=O) groups excluding carboxylic acids is 1. The maximum Gasteiger partial charge on any atom is 0.326 e. The Labute approximate surface area is 130 Å². The molecule has 0 heterocycles. The van der Waals surface area contributed by atoms with E-state index < -0.39 is 17.9 Å². The molecular weight excluding hydrogens is 284 g/mol. The Morgan fingerprint density at radius 2 is 2.05 bits per heavy atom. The Bertz CT molecular complexity index is 531. The van der Waals surface area contributed by atoms with Gasteiger partial charge in [0.2, 0.25) is 0 Å². The van der Waals surface area contributed by atoms with Gasteiger partial charge in [0, 0.05) is 5.56 Å². The third-order valence-corrected chi connectivity index (χ3v) is 3.50. The summed E-state index contributed by atoms with van der Waals surface area (Å²) in [6, 6.07) is 3.77. The van der Waals surface area contributed by atoms with Gasteiger partial charge in [-0.1, -0.05) is 27.2 Å². The van der Waals surface area contributed by atoms with Crippen LogP contribution in [0.5, 0.6) is 5.75 Å². The van der Waals surface area contributed by atoms with E-state index >= 15 is 0 Å². The molecule has 1 rings (SSSR count). The van der Waals surface area contributed by atoms with Crippen molar-refractivity contribution in [3.63, 3.8) is 0 Å². The first-order chi connectivity index (χ1) is 10.4. The number of hydrogen-bond donors (Lipinski definition) is 3. The number of ether oxygens (including phenoxy) is 1. The average Bonchev–Trinajstić information content (AvgIpc) is 2.50. The van der Waals surface area contributed by atoms with Crippen molar-refractivity contribution >= 4 is 17.6 Å². The van der Waals surface area contributed by atoms with E-state index in [9.17, 15) is 14.7 Å². The lowest BCUT2D eigenvalue weighted by Crippen LogP contribution is -2.45. The number of carboxylic acid groups (broad SMARTS) is 1. The average molecular weight is 308 g/mol. The molecule has 1 amide bonds. The molecule has 6 heteroatoms. The summed E-state index contributed by atoms with van der Waals surface area (Å²) in [5.74, 6) is -1.14. The molecule has 2 atom stereocenters. The molecule has 2 unspecified atom stereocenters. The van der Waals surface area contributed by atoms with Crippen LogP contribution in [0.25, 0.3) is 0 Å². The lowest BCUT2D eigenvalue weighted by Gasteiger charge is -2.20. The number of benzene rings is 1. The quantitative estimate of drug-likeness (QED) is 0.639. The molecule has 122 valence electrons. The van der Waals surface area contributed by atoms with E-state index in [0.29, 0.717) is 30.0 Å². The van der Waals surface area contributed by atoms with Crippen LogP contribution in [0, 0.1) is 5.92 Å². The second kappa shape index (κ2) is 8.26. The van der Waals surface area contributed by atoms with E-state index in [-0.39, 0.29) is 5.92 Å². The predicted octanol–water partition coefficient (Wildman–Crippen LogP) is 2.29. The normalized spacial score (nSPS) is 13.2. The molecule has 1 aromatic carbocycles. The summed E-state index contributed by atoms with van der Waals surface area (Å²) in [5, 5.41) is 11.7. The van der Waals surface area contributed by atoms with E-state index in [1.165, 1.54) is 6.07 Å². The molecule has 6 nitrogen and oxygen atoms in total. The van der Waals surface area contributed by atoms with Crippen molar-refractivity contribution < 1.29 is 19.4 Å². The molecule has 0 aliphatic carbocycles. The maximum absolute atomic E-state index is 12.2. The molecule has 0 fully saturated rings. The minimum absolute atomic E-state index is 0.161. The highest BCUT2D eigenvalue weighted by molar-refractivity contribution is 5.97. The summed E-state index contributed by atoms with van der Waals surface area (Å²) in [6.45, 7) is 6.20. The first kappa shape index (κ1) is 17.8. The number of anilines is 1. The lowest BCUT2D eigenvalue weighted by atomic mass is 9.99. The zero-order chi connectivity index (χ0) is 16.7. The first-order valence-corrected chi connectivity index (χ1v) is 7.46. The molecule has 0 aliphatic rings. The number of hydrogen-bond acceptors (Lipinski definition) is 4. The highest BCUT2D eigenvalue weighted by Gasteiger charge is 2.25. The van der Waals surface area contributed by atoms with Gasteiger partial charge in [-0.25, -0.2) is 4.79 Å². The van der Waals surface area contributed by atoms with E-state index in [1.807, 2.05) is 13.8 Å². The Morgan fingerprint density at radius 3 is 2.55 bits per heavy atom. The predicted molar refractivity (Wildman–Crippen MR) is 85.0 cm³/mol. The fourth-order valence-corrected chi connectivity index (χ4v) is 1.94. The summed E-state index contributed by atoms with van der Waals surface area (Å²) in [7, 11) is 0. The number of amides is 1. The van der Waals surface area contributed by atoms with Crippen LogP contribution in [-0.2, 0) is 4.79 Å². The third kappa shape index (κ3) is 4.65. The second-order valence-corrected chi connectivity index (χ2v) is 5.28. The zero-order valence-electron chi connectivity index (χ0n) is 13.3. The summed E-state index contributed by atoms with van der Waals surface area (Å²) in [4.78, 5) is 23.4. The van der Waals surface area contributed by atoms with Gasteiger partial charge in [0.1, 0.15) is 11.8 Å². The Hall–Kier alpha value is -2.24. The van der Waals surface area contributed by atoms with Crippen LogP contribution in [-0.4, -0.2) is 29.6 Å². The number of aliphatic carboxylic acids is 1. The molecule has 4 N–H and O–H groups in total. The molecule has 1 aromatic rings. The highest BCUT2D eigenvalue weighted by Crippen LogP contribution is 2.23. The number of nitrogen functional groups attached to an aromatic ring is 1. The third-order valence-electron chi connectivity index (χ3n) is 3.50. The van der Waals surface area contributed by atoms with Crippen LogP contribution >= 0.6 is 0 Å². The number of nitrogens with two attached hydrogens (primary N) is 1. The molecule has 0 radical (unpaired) electrons. The van der Waals surface area contributed by atoms with E-state index in [1.54, 1.807) is 19.1 Å². The topological polar surface area (TPSA) is 102 Å². The van der Waals surface area contributed by atoms with E-state index in [4.69, 9.17) is 10.5 Å². The van der Waals surface area contributed by atoms with Gasteiger partial charge >= 0.3 is 5.97 Å². The second-order valence-electron chi connectivity index (χ2n) is 5.28. The van der Waals surface area contributed by atoms with Gasteiger partial charge in [-0.15, -0.1) is 0 Å². The van der Waals surface area contributed by atoms with Gasteiger partial charge in [0.15, 0.2) is 0 Å². The number of carboxylic acids is 1. The molecular formula is C16H24N2O4. The Kier molecular flexibility index (Phi) is 6.69. The van der Waals surface area contributed by atoms with E-state index in [0.717, 1.165) is 6.42 Å². The summed E-state index contributed by atoms with van der Waals surface area (Å²) in [6.07, 6.45) is 1.51. The van der Waals surface area contributed by atoms with Gasteiger partial charge in [0.05, 0.1) is 12.3 Å². The number of carbonyl (C=O) groups is 2. The van der Waals surface area contributed by atoms with E-state index in [2.05, 4.69) is 5.32 Å². The first-order valence-electron chi connectivity index (χ1n) is 7.46. The zero-order valence-corrected chi connectivity index (χ0v) is 13.3. The molecule has 0 spiro atoms. The van der Waals surface area contributed by atoms with Crippen LogP contribution in [0.4, 0.5) is 5.69 Å². The molecule has 0 saturated carbocycles. The maximum atomic E-state index is 12.2. The van der Waals surface area contributed by atoms with Gasteiger partial charge in [-0.05, 0) is 30.5 Å². The van der Waals surface area contributed by atoms with Crippen molar-refractivity contribution in [1.29, 1.82) is 0 Å². The SMILES string of the molecule is CCCOc1ccc(C(=O)NC(C(=O)O)C(C)CC)cc1N. The van der Waals surface area contributed by atoms with Crippen LogP contribution in [0.2, 0.25) is 0 Å². The molecule has 0 aliphatic heterocycles. The number of rotatable bonds is 8. The largest absolute Gasteiger partial charge is 0.491 e. The smallest absolute Gasteiger partial charge is 0.326 e. The molecule has 0 bridgehead atoms. The van der Waals surface area contributed by atoms with Gasteiger partial charge in [-0.3, -0.25) is 4.79 Å². The van der Waals surface area contributed by atoms with Crippen molar-refractivity contribution in [3.8, 4) is 5.75 Å². The Morgan fingerprint density at radius 1 is 1.36 bits per heavy atom. The van der Waals surface area contributed by atoms with Crippen molar-refractivity contribution in [3.05, 3.63) is 23.8 Å². The van der Waals surface area contributed by atoms with Crippen molar-refractivity contribution in [1.82, 2.24) is 5.32 Å². The minimum Gasteiger partial charge on any atom is -0.491 e. The molecule has 0 aromatic heterocycles. The monoisotopic (exact) mass is 308 g/mol. The van der Waals surface area contributed by atoms with Crippen molar-refractivity contribution in [2.75, 3.05) is 12.3 Å². The Balaban J connectivity index is 2.84. The van der Waals surface area contributed by atoms with Crippen LogP contribution in [0.3, 0.4) is 0 Å². The molecule has 0 saturated heterocycles. The van der Waals surface area contributed by atoms with Crippen LogP contribution < -0.4 is 15.8 Å². The fraction of sp³-hybridized carbons (Fsp3) is 0.500. The van der Waals surface area contributed by atoms with Crippen LogP contribution in [0.15, 0.2) is 18.2 Å². The van der Waals surface area contributed by atoms with Crippen LogP contribution in [0.1, 0.15) is 44.0 Å². The standard InChI is InChI=1S/C16H24N2O4/c1-4-8-22-13-7-6-11(9-12(13)17)15(19)18-14(16(20)21)10(3)5-2/h6-7,9-10,14H,4-5,8,17H2,1-3H3,(H,18,19)(H,20,21). The van der Waals surface area contributed by atoms with Crippen molar-refractivity contribution in [2.24, 2.45) is 5.92 Å². The van der Waals surface area contributed by atoms with Crippen molar-refractivity contribution in [2.45, 2.75) is 39.7 Å². The number of nitrogens with one attached hydrogen (secondary N) is 1. The van der Waals surface area contributed by atoms with Gasteiger partial charge in [-0.2, -0.15) is 0 Å². The minimum atomic E-state index is -1.04. The van der Waals surface area contributed by atoms with Gasteiger partial charge < -0.3 is 20.9 Å². The highest BCUT2D eigenvalue weighted by atomic mass is 16.5. The van der Waals surface area contributed by atoms with Gasteiger partial charge in [0.25, 0.3) is 5.91 Å². The fourth-order valence-electron chi connectivity index (χ4n) is 1.94.